The van der Waals surface area contributed by atoms with Crippen LogP contribution in [0, 0.1) is 6.92 Å². The van der Waals surface area contributed by atoms with Gasteiger partial charge in [0.25, 0.3) is 0 Å². The Balaban J connectivity index is 1.80. The van der Waals surface area contributed by atoms with Gasteiger partial charge in [0.15, 0.2) is 5.16 Å². The van der Waals surface area contributed by atoms with Crippen LogP contribution in [0.3, 0.4) is 0 Å². The van der Waals surface area contributed by atoms with Crippen molar-refractivity contribution in [1.82, 2.24) is 24.7 Å². The van der Waals surface area contributed by atoms with Crippen LogP contribution in [0.2, 0.25) is 0 Å². The van der Waals surface area contributed by atoms with Crippen LogP contribution in [0.25, 0.3) is 10.2 Å². The number of hydrogen-bond acceptors (Lipinski definition) is 7. The molecular weight excluding hydrogens is 340 g/mol. The van der Waals surface area contributed by atoms with Crippen LogP contribution in [0.1, 0.15) is 35.4 Å². The smallest absolute Gasteiger partial charge is 0.197 e. The van der Waals surface area contributed by atoms with E-state index in [2.05, 4.69) is 26.7 Å². The summed E-state index contributed by atoms with van der Waals surface area (Å²) in [6.07, 6.45) is 4.29. The second-order valence-corrected chi connectivity index (χ2v) is 7.94. The Morgan fingerprint density at radius 2 is 2.12 bits per heavy atom. The highest BCUT2D eigenvalue weighted by Crippen LogP contribution is 2.41. The van der Waals surface area contributed by atoms with E-state index in [1.807, 2.05) is 18.3 Å². The Bertz CT molecular complexity index is 898. The summed E-state index contributed by atoms with van der Waals surface area (Å²) in [6, 6.07) is 0. The lowest BCUT2D eigenvalue weighted by atomic mass is 10.2. The summed E-state index contributed by atoms with van der Waals surface area (Å²) < 4.78 is 2.13. The number of aryl methyl sites for hydroxylation is 3. The minimum atomic E-state index is 0.581. The van der Waals surface area contributed by atoms with Crippen LogP contribution in [0.4, 0.5) is 0 Å². The molecule has 3 heterocycles. The predicted molar refractivity (Wildman–Crippen MR) is 96.8 cm³/mol. The first kappa shape index (κ1) is 16.0. The van der Waals surface area contributed by atoms with Crippen LogP contribution < -0.4 is 5.73 Å². The Hall–Kier alpha value is -1.51. The van der Waals surface area contributed by atoms with E-state index < -0.39 is 0 Å². The molecule has 0 aliphatic heterocycles. The fraction of sp³-hybridized carbons (Fsp3) is 0.500. The van der Waals surface area contributed by atoms with Crippen LogP contribution in [0.15, 0.2) is 10.2 Å². The van der Waals surface area contributed by atoms with Crippen LogP contribution in [-0.4, -0.2) is 31.3 Å². The lowest BCUT2D eigenvalue weighted by Gasteiger charge is -2.08. The molecule has 4 rings (SSSR count). The molecule has 0 atom stereocenters. The van der Waals surface area contributed by atoms with Gasteiger partial charge in [0, 0.05) is 23.2 Å². The van der Waals surface area contributed by atoms with Crippen LogP contribution >= 0.6 is 23.1 Å². The van der Waals surface area contributed by atoms with Crippen molar-refractivity contribution in [3.8, 4) is 0 Å². The molecule has 3 aromatic heterocycles. The number of hydrogen-bond donors (Lipinski definition) is 1. The van der Waals surface area contributed by atoms with Gasteiger partial charge in [-0.3, -0.25) is 0 Å². The first-order valence-corrected chi connectivity index (χ1v) is 9.93. The van der Waals surface area contributed by atoms with Gasteiger partial charge in [0.1, 0.15) is 21.5 Å². The van der Waals surface area contributed by atoms with E-state index in [9.17, 15) is 0 Å². The molecule has 0 unspecified atom stereocenters. The Labute approximate surface area is 148 Å². The van der Waals surface area contributed by atoms with Gasteiger partial charge in [-0.05, 0) is 57.0 Å². The second-order valence-electron chi connectivity index (χ2n) is 5.90. The predicted octanol–water partition coefficient (Wildman–Crippen LogP) is 2.75. The molecule has 1 aliphatic rings. The molecule has 0 saturated heterocycles. The minimum absolute atomic E-state index is 0.581. The van der Waals surface area contributed by atoms with Gasteiger partial charge >= 0.3 is 0 Å². The third kappa shape index (κ3) is 2.62. The normalized spacial score (nSPS) is 13.8. The maximum absolute atomic E-state index is 5.68. The van der Waals surface area contributed by atoms with Crippen molar-refractivity contribution in [1.29, 1.82) is 0 Å². The van der Waals surface area contributed by atoms with E-state index in [4.69, 9.17) is 10.7 Å². The molecule has 0 saturated carbocycles. The van der Waals surface area contributed by atoms with Crippen LogP contribution in [-0.2, 0) is 25.8 Å². The SMILES string of the molecule is CCn1c(CCN)nnc1Sc1nc(C)nc2sc3c(c12)CCC3. The van der Waals surface area contributed by atoms with E-state index in [-0.39, 0.29) is 0 Å². The van der Waals surface area contributed by atoms with Gasteiger partial charge in [-0.15, -0.1) is 21.5 Å². The highest BCUT2D eigenvalue weighted by Gasteiger charge is 2.23. The van der Waals surface area contributed by atoms with Gasteiger partial charge in [0.2, 0.25) is 0 Å². The zero-order chi connectivity index (χ0) is 16.7. The highest BCUT2D eigenvalue weighted by molar-refractivity contribution is 7.99. The van der Waals surface area contributed by atoms with E-state index in [1.165, 1.54) is 28.7 Å². The molecule has 0 spiro atoms. The summed E-state index contributed by atoms with van der Waals surface area (Å²) in [5.74, 6) is 1.76. The third-order valence-electron chi connectivity index (χ3n) is 4.31. The quantitative estimate of drug-likeness (QED) is 0.705. The first-order valence-electron chi connectivity index (χ1n) is 8.30. The van der Waals surface area contributed by atoms with Crippen molar-refractivity contribution in [2.45, 2.75) is 56.3 Å². The zero-order valence-corrected chi connectivity index (χ0v) is 15.5. The average molecular weight is 361 g/mol. The standard InChI is InChI=1S/C16H20N6S2/c1-3-22-12(7-8-17)20-21-16(22)24-15-13-10-5-4-6-11(10)23-14(13)18-9(2)19-15/h3-8,17H2,1-2H3. The summed E-state index contributed by atoms with van der Waals surface area (Å²) in [5.41, 5.74) is 7.13. The molecule has 24 heavy (non-hydrogen) atoms. The van der Waals surface area contributed by atoms with Crippen molar-refractivity contribution in [3.63, 3.8) is 0 Å². The molecule has 0 bridgehead atoms. The molecule has 1 aliphatic carbocycles. The topological polar surface area (TPSA) is 82.5 Å². The second kappa shape index (κ2) is 6.42. The molecule has 8 heteroatoms. The third-order valence-corrected chi connectivity index (χ3v) is 6.47. The molecular formula is C16H20N6S2. The minimum Gasteiger partial charge on any atom is -0.330 e. The van der Waals surface area contributed by atoms with Crippen molar-refractivity contribution < 1.29 is 0 Å². The van der Waals surface area contributed by atoms with Gasteiger partial charge in [-0.2, -0.15) is 0 Å². The molecule has 0 aromatic carbocycles. The fourth-order valence-corrected chi connectivity index (χ4v) is 5.72. The average Bonchev–Trinajstić information content (AvgIpc) is 3.21. The van der Waals surface area contributed by atoms with Crippen molar-refractivity contribution in [3.05, 3.63) is 22.1 Å². The van der Waals surface area contributed by atoms with Gasteiger partial charge in [-0.1, -0.05) is 0 Å². The summed E-state index contributed by atoms with van der Waals surface area (Å²) in [5, 5.41) is 11.8. The summed E-state index contributed by atoms with van der Waals surface area (Å²) in [7, 11) is 0. The van der Waals surface area contributed by atoms with Gasteiger partial charge in [0.05, 0.1) is 0 Å². The molecule has 0 radical (unpaired) electrons. The number of nitrogens with two attached hydrogens (primary N) is 1. The number of rotatable bonds is 5. The molecule has 3 aromatic rings. The molecule has 0 fully saturated rings. The van der Waals surface area contributed by atoms with Crippen LogP contribution in [0.5, 0.6) is 0 Å². The van der Waals surface area contributed by atoms with E-state index in [0.717, 1.165) is 46.0 Å². The number of fused-ring (bicyclic) bond motifs is 3. The maximum Gasteiger partial charge on any atom is 0.197 e. The zero-order valence-electron chi connectivity index (χ0n) is 13.9. The van der Waals surface area contributed by atoms with E-state index in [1.54, 1.807) is 11.8 Å². The van der Waals surface area contributed by atoms with Crippen molar-refractivity contribution >= 4 is 33.3 Å². The first-order chi connectivity index (χ1) is 11.7. The monoisotopic (exact) mass is 360 g/mol. The lowest BCUT2D eigenvalue weighted by Crippen LogP contribution is -2.10. The number of aromatic nitrogens is 5. The summed E-state index contributed by atoms with van der Waals surface area (Å²) in [6.45, 7) is 5.48. The molecule has 0 amide bonds. The van der Waals surface area contributed by atoms with Gasteiger partial charge in [-0.25, -0.2) is 9.97 Å². The maximum atomic E-state index is 5.68. The van der Waals surface area contributed by atoms with Crippen molar-refractivity contribution in [2.24, 2.45) is 5.73 Å². The number of thiophene rings is 1. The molecule has 2 N–H and O–H groups in total. The largest absolute Gasteiger partial charge is 0.330 e. The highest BCUT2D eigenvalue weighted by atomic mass is 32.2. The lowest BCUT2D eigenvalue weighted by molar-refractivity contribution is 0.640. The molecule has 126 valence electrons. The Morgan fingerprint density at radius 1 is 1.25 bits per heavy atom. The molecule has 6 nitrogen and oxygen atoms in total. The van der Waals surface area contributed by atoms with Gasteiger partial charge < -0.3 is 10.3 Å². The Kier molecular flexibility index (Phi) is 4.28. The summed E-state index contributed by atoms with van der Waals surface area (Å²) in [4.78, 5) is 12.0. The van der Waals surface area contributed by atoms with Crippen molar-refractivity contribution in [2.75, 3.05) is 6.54 Å². The number of nitrogens with zero attached hydrogens (tertiary/aromatic N) is 5. The Morgan fingerprint density at radius 3 is 2.92 bits per heavy atom. The summed E-state index contributed by atoms with van der Waals surface area (Å²) >= 11 is 3.43. The van der Waals surface area contributed by atoms with E-state index in [0.29, 0.717) is 6.54 Å². The fourth-order valence-electron chi connectivity index (χ4n) is 3.25. The van der Waals surface area contributed by atoms with E-state index >= 15 is 0 Å².